The van der Waals surface area contributed by atoms with E-state index in [1.165, 1.54) is 0 Å². The Morgan fingerprint density at radius 3 is 2.00 bits per heavy atom. The van der Waals surface area contributed by atoms with E-state index in [4.69, 9.17) is 9.05 Å². The van der Waals surface area contributed by atoms with Crippen LogP contribution < -0.4 is 0 Å². The second-order valence-corrected chi connectivity index (χ2v) is 11.3. The third-order valence-corrected chi connectivity index (χ3v) is 5.96. The fourth-order valence-electron chi connectivity index (χ4n) is 2.12. The molecule has 1 atom stereocenters. The van der Waals surface area contributed by atoms with E-state index >= 15 is 0 Å². The lowest BCUT2D eigenvalue weighted by atomic mass is 10.1. The second kappa shape index (κ2) is 7.74. The topological polar surface area (TPSA) is 52.6 Å². The van der Waals surface area contributed by atoms with Gasteiger partial charge in [-0.25, -0.2) is 0 Å². The molecule has 21 heavy (non-hydrogen) atoms. The first kappa shape index (κ1) is 18.6. The Bertz CT molecular complexity index is 548. The fraction of sp³-hybridized carbons (Fsp3) is 0.600. The molecule has 4 nitrogen and oxygen atoms in total. The monoisotopic (exact) mass is 332 g/mol. The molecule has 0 N–H and O–H groups in total. The molecule has 0 saturated heterocycles. The normalized spacial score (nSPS) is 15.1. The third kappa shape index (κ3) is 6.93. The van der Waals surface area contributed by atoms with Gasteiger partial charge in [-0.2, -0.15) is 0 Å². The minimum absolute atomic E-state index is 0.169. The van der Waals surface area contributed by atoms with Gasteiger partial charge in [0.25, 0.3) is 0 Å². The van der Waals surface area contributed by atoms with Crippen LogP contribution in [-0.4, -0.2) is 26.0 Å². The van der Waals surface area contributed by atoms with Crippen molar-refractivity contribution in [1.29, 1.82) is 0 Å². The van der Waals surface area contributed by atoms with E-state index in [0.29, 0.717) is 12.8 Å². The van der Waals surface area contributed by atoms with Gasteiger partial charge in [-0.15, -0.1) is 0 Å². The first-order valence-corrected chi connectivity index (χ1v) is 11.7. The summed E-state index contributed by atoms with van der Waals surface area (Å²) >= 11 is 0. The highest BCUT2D eigenvalue weighted by atomic mass is 31.2. The van der Waals surface area contributed by atoms with Gasteiger partial charge in [0, 0.05) is 6.16 Å². The van der Waals surface area contributed by atoms with Crippen LogP contribution in [0, 0.1) is 0 Å². The predicted molar refractivity (Wildman–Crippen MR) is 88.8 cm³/mol. The zero-order valence-electron chi connectivity index (χ0n) is 13.5. The lowest BCUT2D eigenvalue weighted by molar-refractivity contribution is 0.172. The smallest absolute Gasteiger partial charge is 0.324 e. The summed E-state index contributed by atoms with van der Waals surface area (Å²) in [6, 6.07) is 7.63. The number of rotatable bonds is 8. The molecule has 0 saturated carbocycles. The Morgan fingerprint density at radius 2 is 1.57 bits per heavy atom. The first-order valence-electron chi connectivity index (χ1n) is 7.18. The summed E-state index contributed by atoms with van der Waals surface area (Å²) < 4.78 is 35.8. The third-order valence-electron chi connectivity index (χ3n) is 2.73. The molecule has 0 heterocycles. The first-order chi connectivity index (χ1) is 9.65. The molecule has 0 amide bonds. The van der Waals surface area contributed by atoms with Crippen LogP contribution in [0.25, 0.3) is 0 Å². The van der Waals surface area contributed by atoms with Crippen molar-refractivity contribution in [3.8, 4) is 0 Å². The molecular weight excluding hydrogens is 306 g/mol. The average molecular weight is 332 g/mol. The van der Waals surface area contributed by atoms with Crippen molar-refractivity contribution in [2.24, 2.45) is 0 Å². The van der Waals surface area contributed by atoms with Crippen molar-refractivity contribution >= 4 is 14.7 Å². The van der Waals surface area contributed by atoms with Gasteiger partial charge in [0.05, 0.1) is 26.0 Å². The molecule has 0 aliphatic rings. The van der Waals surface area contributed by atoms with E-state index in [2.05, 4.69) is 0 Å². The van der Waals surface area contributed by atoms with Crippen LogP contribution >= 0.6 is 14.7 Å². The molecule has 0 aliphatic carbocycles. The predicted octanol–water partition coefficient (Wildman–Crippen LogP) is 4.96. The Balaban J connectivity index is 3.04. The summed E-state index contributed by atoms with van der Waals surface area (Å²) in [6.45, 7) is 9.33. The molecule has 0 aromatic heterocycles. The van der Waals surface area contributed by atoms with Crippen LogP contribution in [-0.2, 0) is 30.5 Å². The van der Waals surface area contributed by atoms with Gasteiger partial charge in [0.15, 0.2) is 0 Å². The maximum absolute atomic E-state index is 12.8. The molecule has 1 aromatic carbocycles. The zero-order chi connectivity index (χ0) is 16.1. The fourth-order valence-corrected chi connectivity index (χ4v) is 5.23. The Hall–Kier alpha value is -0.400. The summed E-state index contributed by atoms with van der Waals surface area (Å²) in [7, 11) is -5.37. The van der Waals surface area contributed by atoms with Crippen LogP contribution in [0.2, 0.25) is 0 Å². The average Bonchev–Trinajstić information content (AvgIpc) is 2.28. The van der Waals surface area contributed by atoms with Crippen molar-refractivity contribution in [2.75, 3.05) is 19.9 Å². The van der Waals surface area contributed by atoms with Crippen molar-refractivity contribution in [3.63, 3.8) is 0 Å². The second-order valence-electron chi connectivity index (χ2n) is 5.84. The van der Waals surface area contributed by atoms with E-state index in [-0.39, 0.29) is 12.3 Å². The van der Waals surface area contributed by atoms with Crippen LogP contribution in [0.1, 0.15) is 31.9 Å². The molecule has 0 spiro atoms. The summed E-state index contributed by atoms with van der Waals surface area (Å²) in [4.78, 5) is 0. The Kier molecular flexibility index (Phi) is 6.87. The van der Waals surface area contributed by atoms with Crippen LogP contribution in [0.3, 0.4) is 0 Å². The van der Waals surface area contributed by atoms with Crippen molar-refractivity contribution in [3.05, 3.63) is 35.4 Å². The number of hydrogen-bond acceptors (Lipinski definition) is 4. The van der Waals surface area contributed by atoms with Gasteiger partial charge in [-0.05, 0) is 45.2 Å². The molecule has 1 aromatic rings. The van der Waals surface area contributed by atoms with E-state index < -0.39 is 14.7 Å². The molecule has 1 unspecified atom stereocenters. The standard InChI is InChI=1S/C15H26O4P2/c1-6-18-21(17,19-13(2)3)12-15-10-8-7-9-14(15)11-20(4,5)16/h7-10,13H,6,11-12H2,1-5H3. The van der Waals surface area contributed by atoms with Crippen LogP contribution in [0.15, 0.2) is 24.3 Å². The van der Waals surface area contributed by atoms with Crippen LogP contribution in [0.5, 0.6) is 0 Å². The molecule has 120 valence electrons. The molecule has 0 bridgehead atoms. The van der Waals surface area contributed by atoms with Gasteiger partial charge >= 0.3 is 7.60 Å². The molecule has 0 radical (unpaired) electrons. The van der Waals surface area contributed by atoms with E-state index in [1.54, 1.807) is 20.3 Å². The van der Waals surface area contributed by atoms with Crippen molar-refractivity contribution in [1.82, 2.24) is 0 Å². The van der Waals surface area contributed by atoms with Gasteiger partial charge in [-0.3, -0.25) is 4.57 Å². The van der Waals surface area contributed by atoms with Gasteiger partial charge in [0.2, 0.25) is 0 Å². The van der Waals surface area contributed by atoms with E-state index in [0.717, 1.165) is 11.1 Å². The highest BCUT2D eigenvalue weighted by Gasteiger charge is 2.27. The summed E-state index contributed by atoms with van der Waals surface area (Å²) in [6.07, 6.45) is 0.546. The SMILES string of the molecule is CCOP(=O)(Cc1ccccc1CP(C)(C)=O)OC(C)C. The molecule has 1 rings (SSSR count). The highest BCUT2D eigenvalue weighted by molar-refractivity contribution is 7.61. The Morgan fingerprint density at radius 1 is 1.05 bits per heavy atom. The van der Waals surface area contributed by atoms with Crippen molar-refractivity contribution in [2.45, 2.75) is 39.2 Å². The van der Waals surface area contributed by atoms with Gasteiger partial charge in [0.1, 0.15) is 0 Å². The molecule has 6 heteroatoms. The van der Waals surface area contributed by atoms with E-state index in [9.17, 15) is 9.13 Å². The lowest BCUT2D eigenvalue weighted by Crippen LogP contribution is -2.06. The summed E-state index contributed by atoms with van der Waals surface area (Å²) in [5.74, 6) is 0. The quantitative estimate of drug-likeness (QED) is 0.631. The van der Waals surface area contributed by atoms with Gasteiger partial charge < -0.3 is 13.6 Å². The largest absolute Gasteiger partial charge is 0.335 e. The van der Waals surface area contributed by atoms with Gasteiger partial charge in [-0.1, -0.05) is 24.3 Å². The minimum atomic E-state index is -3.18. The van der Waals surface area contributed by atoms with E-state index in [1.807, 2.05) is 38.1 Å². The molecule has 0 fully saturated rings. The lowest BCUT2D eigenvalue weighted by Gasteiger charge is -2.21. The zero-order valence-corrected chi connectivity index (χ0v) is 15.3. The number of benzene rings is 1. The maximum Gasteiger partial charge on any atom is 0.335 e. The Labute approximate surface area is 128 Å². The number of hydrogen-bond donors (Lipinski definition) is 0. The molecule has 0 aliphatic heterocycles. The van der Waals surface area contributed by atoms with Crippen molar-refractivity contribution < 1.29 is 18.2 Å². The summed E-state index contributed by atoms with van der Waals surface area (Å²) in [5.41, 5.74) is 1.84. The minimum Gasteiger partial charge on any atom is -0.324 e. The maximum atomic E-state index is 12.8. The highest BCUT2D eigenvalue weighted by Crippen LogP contribution is 2.53. The van der Waals surface area contributed by atoms with Crippen LogP contribution in [0.4, 0.5) is 0 Å². The molecular formula is C15H26O4P2. The summed E-state index contributed by atoms with van der Waals surface area (Å²) in [5, 5.41) is 0.